The van der Waals surface area contributed by atoms with Crippen LogP contribution in [0.3, 0.4) is 0 Å². The fourth-order valence-corrected chi connectivity index (χ4v) is 9.31. The Morgan fingerprint density at radius 1 is 1.12 bits per heavy atom. The number of nitrogens with one attached hydrogen (secondary N) is 2. The summed E-state index contributed by atoms with van der Waals surface area (Å²) in [5, 5.41) is 0. The van der Waals surface area contributed by atoms with Crippen molar-refractivity contribution in [2.45, 2.75) is 105 Å². The lowest BCUT2D eigenvalue weighted by Crippen LogP contribution is -2.54. The fourth-order valence-electron chi connectivity index (χ4n) is 8.45. The predicted octanol–water partition coefficient (Wildman–Crippen LogP) is 6.70. The van der Waals surface area contributed by atoms with Crippen LogP contribution >= 0.6 is 45.2 Å². The van der Waals surface area contributed by atoms with Gasteiger partial charge in [-0.2, -0.15) is 0 Å². The lowest BCUT2D eigenvalue weighted by Gasteiger charge is -2.46. The van der Waals surface area contributed by atoms with Gasteiger partial charge in [0.1, 0.15) is 0 Å². The van der Waals surface area contributed by atoms with Gasteiger partial charge in [-0.3, -0.25) is 21.5 Å². The standard InChI is InChI=1S/C34H51BI2N6/c1-21-16-33(3,4)31(40-39-17-21)30(23-8-6-9-23)24-10-7-11-27(14-24)42-20-29-28(34(5,36)37)15-25(18-43(29)32(42)38)22(2)41-13-12-26(35)19-41/h10,14-15,18,20-23,26,30-32,39-40H,6-9,11-13,16-17,19,38H2,1-5H3/t21?,22?,26?,30-,31-,32?/m1/s1. The molecule has 4 N–H and O–H groups in total. The van der Waals surface area contributed by atoms with Crippen LogP contribution in [0.1, 0.15) is 79.6 Å². The first-order valence-electron chi connectivity index (χ1n) is 16.6. The fraction of sp³-hybridized carbons (Fsp3) is 0.706. The molecule has 0 aromatic heterocycles. The molecule has 4 unspecified atom stereocenters. The van der Waals surface area contributed by atoms with E-state index >= 15 is 0 Å². The van der Waals surface area contributed by atoms with Crippen LogP contribution in [-0.4, -0.2) is 62.0 Å². The van der Waals surface area contributed by atoms with E-state index in [1.165, 1.54) is 53.8 Å². The lowest BCUT2D eigenvalue weighted by molar-refractivity contribution is 0.104. The summed E-state index contributed by atoms with van der Waals surface area (Å²) in [7, 11) is 6.29. The van der Waals surface area contributed by atoms with Gasteiger partial charge in [0.2, 0.25) is 0 Å². The van der Waals surface area contributed by atoms with Gasteiger partial charge in [-0.05, 0) is 106 Å². The molecule has 6 nitrogen and oxygen atoms in total. The van der Waals surface area contributed by atoms with Gasteiger partial charge >= 0.3 is 0 Å². The van der Waals surface area contributed by atoms with Gasteiger partial charge < -0.3 is 9.80 Å². The van der Waals surface area contributed by atoms with Gasteiger partial charge in [-0.25, -0.2) is 0 Å². The number of halogens is 2. The highest BCUT2D eigenvalue weighted by atomic mass is 127. The zero-order chi connectivity index (χ0) is 30.7. The number of nitrogens with two attached hydrogens (primary N) is 1. The highest BCUT2D eigenvalue weighted by Crippen LogP contribution is 2.49. The van der Waals surface area contributed by atoms with Crippen LogP contribution in [-0.2, 0) is 0 Å². The monoisotopic (exact) mass is 808 g/mol. The summed E-state index contributed by atoms with van der Waals surface area (Å²) in [5.74, 6) is 2.19. The number of nitrogens with zero attached hydrogens (tertiary/aromatic N) is 3. The van der Waals surface area contributed by atoms with Crippen LogP contribution in [0.15, 0.2) is 58.7 Å². The molecule has 6 rings (SSSR count). The SMILES string of the molecule is [B]C1CCN(C(C)C2=CN3C(=CN(C4=CC([C@@H](C5CCC5)[C@H]5NNCC(C)CC5(C)C)=CCC4)C3N)C(C(C)(I)I)=C2)C1. The minimum absolute atomic E-state index is 0.0574. The molecule has 234 valence electrons. The minimum atomic E-state index is -0.250. The van der Waals surface area contributed by atoms with E-state index in [9.17, 15) is 0 Å². The van der Waals surface area contributed by atoms with E-state index in [0.29, 0.717) is 23.9 Å². The molecule has 6 atom stereocenters. The third-order valence-electron chi connectivity index (χ3n) is 11.0. The molecule has 9 heteroatoms. The van der Waals surface area contributed by atoms with Gasteiger partial charge in [0.25, 0.3) is 0 Å². The summed E-state index contributed by atoms with van der Waals surface area (Å²) >= 11 is 5.16. The summed E-state index contributed by atoms with van der Waals surface area (Å²) in [6.07, 6.45) is 20.3. The number of hydrogen-bond acceptors (Lipinski definition) is 6. The van der Waals surface area contributed by atoms with E-state index in [1.54, 1.807) is 0 Å². The molecule has 4 heterocycles. The Morgan fingerprint density at radius 2 is 1.88 bits per heavy atom. The topological polar surface area (TPSA) is 59.8 Å². The summed E-state index contributed by atoms with van der Waals surface area (Å²) in [4.78, 5) is 7.22. The summed E-state index contributed by atoms with van der Waals surface area (Å²) < 4.78 is -0.0574. The second-order valence-electron chi connectivity index (χ2n) is 14.9. The molecule has 2 saturated heterocycles. The lowest BCUT2D eigenvalue weighted by atomic mass is 9.62. The molecular formula is C34H51BI2N6. The quantitative estimate of drug-likeness (QED) is 0.152. The number of allylic oxidation sites excluding steroid dienone is 4. The molecule has 0 amide bonds. The molecule has 2 radical (unpaired) electrons. The van der Waals surface area contributed by atoms with Gasteiger partial charge in [-0.1, -0.05) is 84.3 Å². The molecule has 3 fully saturated rings. The van der Waals surface area contributed by atoms with E-state index in [1.807, 2.05) is 0 Å². The minimum Gasteiger partial charge on any atom is -0.316 e. The summed E-state index contributed by atoms with van der Waals surface area (Å²) in [6.45, 7) is 15.0. The van der Waals surface area contributed by atoms with Crippen LogP contribution in [0.25, 0.3) is 0 Å². The van der Waals surface area contributed by atoms with Gasteiger partial charge in [0, 0.05) is 48.2 Å². The average molecular weight is 808 g/mol. The van der Waals surface area contributed by atoms with E-state index in [2.05, 4.69) is 136 Å². The number of rotatable bonds is 7. The van der Waals surface area contributed by atoms with E-state index in [0.717, 1.165) is 44.8 Å². The van der Waals surface area contributed by atoms with E-state index in [-0.39, 0.29) is 19.0 Å². The first-order valence-corrected chi connectivity index (χ1v) is 18.7. The van der Waals surface area contributed by atoms with Crippen LogP contribution in [0.5, 0.6) is 0 Å². The second-order valence-corrected chi connectivity index (χ2v) is 21.3. The number of alkyl halides is 2. The van der Waals surface area contributed by atoms with E-state index < -0.39 is 0 Å². The molecule has 4 aliphatic heterocycles. The van der Waals surface area contributed by atoms with Gasteiger partial charge in [-0.15, -0.1) is 0 Å². The van der Waals surface area contributed by atoms with Crippen molar-refractivity contribution < 1.29 is 0 Å². The first kappa shape index (κ1) is 32.6. The highest BCUT2D eigenvalue weighted by molar-refractivity contribution is 14.2. The van der Waals surface area contributed by atoms with Crippen molar-refractivity contribution >= 4 is 53.0 Å². The Morgan fingerprint density at radius 3 is 2.53 bits per heavy atom. The maximum atomic E-state index is 7.16. The molecule has 0 spiro atoms. The van der Waals surface area contributed by atoms with Crippen LogP contribution in [0.4, 0.5) is 0 Å². The van der Waals surface area contributed by atoms with Crippen molar-refractivity contribution in [2.24, 2.45) is 28.9 Å². The van der Waals surface area contributed by atoms with Crippen molar-refractivity contribution in [3.63, 3.8) is 0 Å². The maximum Gasteiger partial charge on any atom is 0.162 e. The summed E-state index contributed by atoms with van der Waals surface area (Å²) in [5.41, 5.74) is 21.6. The Kier molecular flexibility index (Phi) is 9.63. The van der Waals surface area contributed by atoms with Crippen LogP contribution in [0, 0.1) is 23.2 Å². The summed E-state index contributed by atoms with van der Waals surface area (Å²) in [6, 6.07) is 0.709. The van der Waals surface area contributed by atoms with Crippen molar-refractivity contribution in [1.82, 2.24) is 25.6 Å². The third kappa shape index (κ3) is 6.60. The second kappa shape index (κ2) is 12.7. The third-order valence-corrected chi connectivity index (χ3v) is 12.2. The Labute approximate surface area is 289 Å². The zero-order valence-corrected chi connectivity index (χ0v) is 31.1. The highest BCUT2D eigenvalue weighted by Gasteiger charge is 2.45. The molecule has 0 aromatic rings. The Hall–Kier alpha value is -0.335. The average Bonchev–Trinajstić information content (AvgIpc) is 3.46. The number of hydrogen-bond donors (Lipinski definition) is 3. The molecule has 1 saturated carbocycles. The molecule has 6 aliphatic rings. The Balaban J connectivity index is 1.30. The van der Waals surface area contributed by atoms with Crippen molar-refractivity contribution in [3.05, 3.63) is 58.7 Å². The number of hydrazine groups is 1. The van der Waals surface area contributed by atoms with Crippen LogP contribution in [0.2, 0.25) is 5.82 Å². The van der Waals surface area contributed by atoms with Gasteiger partial charge in [0.05, 0.1) is 15.0 Å². The molecule has 43 heavy (non-hydrogen) atoms. The first-order chi connectivity index (χ1) is 20.3. The normalized spacial score (nSPS) is 33.4. The predicted molar refractivity (Wildman–Crippen MR) is 196 cm³/mol. The maximum absolute atomic E-state index is 7.16. The van der Waals surface area contributed by atoms with Gasteiger partial charge in [0.15, 0.2) is 6.29 Å². The van der Waals surface area contributed by atoms with Crippen molar-refractivity contribution in [1.29, 1.82) is 0 Å². The van der Waals surface area contributed by atoms with E-state index in [4.69, 9.17) is 13.6 Å². The molecule has 2 aliphatic carbocycles. The van der Waals surface area contributed by atoms with Crippen molar-refractivity contribution in [3.8, 4) is 0 Å². The largest absolute Gasteiger partial charge is 0.316 e. The zero-order valence-electron chi connectivity index (χ0n) is 26.8. The van der Waals surface area contributed by atoms with Crippen molar-refractivity contribution in [2.75, 3.05) is 19.6 Å². The molecular weight excluding hydrogens is 757 g/mol. The van der Waals surface area contributed by atoms with Crippen LogP contribution < -0.4 is 16.6 Å². The molecule has 0 aromatic carbocycles. The number of likely N-dealkylation sites (tertiary alicyclic amines) is 1. The smallest absolute Gasteiger partial charge is 0.162 e. The Bertz CT molecular complexity index is 1230. The number of fused-ring (bicyclic) bond motifs is 1. The molecule has 0 bridgehead atoms.